The van der Waals surface area contributed by atoms with Crippen LogP contribution in [0.15, 0.2) is 42.5 Å². The van der Waals surface area contributed by atoms with Crippen LogP contribution in [0.25, 0.3) is 0 Å². The monoisotopic (exact) mass is 319 g/mol. The number of ether oxygens (including phenoxy) is 2. The van der Waals surface area contributed by atoms with Crippen LogP contribution in [0, 0.1) is 6.92 Å². The molecule has 0 aliphatic carbocycles. The number of hydrogen-bond donors (Lipinski definition) is 1. The van der Waals surface area contributed by atoms with E-state index < -0.39 is 0 Å². The quantitative estimate of drug-likeness (QED) is 0.739. The summed E-state index contributed by atoms with van der Waals surface area (Å²) >= 11 is 5.99. The van der Waals surface area contributed by atoms with Crippen molar-refractivity contribution in [1.82, 2.24) is 5.32 Å². The van der Waals surface area contributed by atoms with Crippen molar-refractivity contribution in [3.05, 3.63) is 58.6 Å². The smallest absolute Gasteiger partial charge is 0.122 e. The molecule has 0 saturated heterocycles. The van der Waals surface area contributed by atoms with Crippen molar-refractivity contribution in [2.24, 2.45) is 0 Å². The van der Waals surface area contributed by atoms with Crippen LogP contribution in [-0.4, -0.2) is 19.8 Å². The Bertz CT molecular complexity index is 601. The molecule has 22 heavy (non-hydrogen) atoms. The van der Waals surface area contributed by atoms with Gasteiger partial charge in [0.2, 0.25) is 0 Å². The molecule has 0 radical (unpaired) electrons. The van der Waals surface area contributed by atoms with Crippen molar-refractivity contribution >= 4 is 11.6 Å². The first kappa shape index (κ1) is 16.7. The molecule has 2 aromatic rings. The molecule has 2 rings (SSSR count). The maximum absolute atomic E-state index is 5.99. The Hall–Kier alpha value is -1.71. The molecule has 0 amide bonds. The highest BCUT2D eigenvalue weighted by atomic mass is 35.5. The molecule has 118 valence electrons. The predicted octanol–water partition coefficient (Wildman–Crippen LogP) is 4.22. The minimum Gasteiger partial charge on any atom is -0.490 e. The Labute approximate surface area is 137 Å². The van der Waals surface area contributed by atoms with Gasteiger partial charge in [-0.05, 0) is 54.9 Å². The van der Waals surface area contributed by atoms with Gasteiger partial charge in [-0.3, -0.25) is 0 Å². The van der Waals surface area contributed by atoms with E-state index in [4.69, 9.17) is 21.1 Å². The molecule has 0 aromatic heterocycles. The number of halogens is 1. The SMILES string of the molecule is CCNCc1cccc(OCCOc2ccc(Cl)c(C)c2)c1. The Kier molecular flexibility index (Phi) is 6.56. The molecule has 0 bridgehead atoms. The minimum atomic E-state index is 0.499. The number of nitrogens with one attached hydrogen (secondary N) is 1. The van der Waals surface area contributed by atoms with E-state index in [9.17, 15) is 0 Å². The summed E-state index contributed by atoms with van der Waals surface area (Å²) < 4.78 is 11.4. The van der Waals surface area contributed by atoms with Gasteiger partial charge in [-0.2, -0.15) is 0 Å². The standard InChI is InChI=1S/C18H22ClNO2/c1-3-20-13-15-5-4-6-16(12-15)21-9-10-22-17-7-8-18(19)14(2)11-17/h4-8,11-12,20H,3,9-10,13H2,1-2H3. The Morgan fingerprint density at radius 1 is 1.00 bits per heavy atom. The summed E-state index contributed by atoms with van der Waals surface area (Å²) in [5, 5.41) is 4.05. The van der Waals surface area contributed by atoms with E-state index in [2.05, 4.69) is 24.4 Å². The molecular weight excluding hydrogens is 298 g/mol. The molecular formula is C18H22ClNO2. The Balaban J connectivity index is 1.77. The summed E-state index contributed by atoms with van der Waals surface area (Å²) in [6.45, 7) is 6.87. The average Bonchev–Trinajstić information content (AvgIpc) is 2.53. The van der Waals surface area contributed by atoms with Crippen molar-refractivity contribution in [2.75, 3.05) is 19.8 Å². The van der Waals surface area contributed by atoms with Gasteiger partial charge in [0.15, 0.2) is 0 Å². The third kappa shape index (κ3) is 5.24. The highest BCUT2D eigenvalue weighted by molar-refractivity contribution is 6.31. The molecule has 0 spiro atoms. The second-order valence-electron chi connectivity index (χ2n) is 5.04. The minimum absolute atomic E-state index is 0.499. The Morgan fingerprint density at radius 2 is 1.73 bits per heavy atom. The van der Waals surface area contributed by atoms with Crippen molar-refractivity contribution in [1.29, 1.82) is 0 Å². The van der Waals surface area contributed by atoms with E-state index in [0.29, 0.717) is 13.2 Å². The van der Waals surface area contributed by atoms with E-state index in [1.165, 1.54) is 5.56 Å². The lowest BCUT2D eigenvalue weighted by Gasteiger charge is -2.10. The fourth-order valence-electron chi connectivity index (χ4n) is 2.04. The number of benzene rings is 2. The van der Waals surface area contributed by atoms with E-state index in [0.717, 1.165) is 35.2 Å². The molecule has 0 atom stereocenters. The molecule has 0 unspecified atom stereocenters. The van der Waals surface area contributed by atoms with Crippen molar-refractivity contribution in [3.63, 3.8) is 0 Å². The van der Waals surface area contributed by atoms with Crippen LogP contribution in [0.4, 0.5) is 0 Å². The van der Waals surface area contributed by atoms with E-state index in [1.54, 1.807) is 0 Å². The zero-order chi connectivity index (χ0) is 15.8. The fourth-order valence-corrected chi connectivity index (χ4v) is 2.16. The maximum Gasteiger partial charge on any atom is 0.122 e. The largest absolute Gasteiger partial charge is 0.490 e. The summed E-state index contributed by atoms with van der Waals surface area (Å²) in [6.07, 6.45) is 0. The van der Waals surface area contributed by atoms with E-state index in [-0.39, 0.29) is 0 Å². The molecule has 0 aliphatic rings. The normalized spacial score (nSPS) is 10.5. The van der Waals surface area contributed by atoms with Crippen LogP contribution in [-0.2, 0) is 6.54 Å². The van der Waals surface area contributed by atoms with E-state index >= 15 is 0 Å². The number of rotatable bonds is 8. The lowest BCUT2D eigenvalue weighted by Crippen LogP contribution is -2.12. The number of hydrogen-bond acceptors (Lipinski definition) is 3. The predicted molar refractivity (Wildman–Crippen MR) is 91.0 cm³/mol. The van der Waals surface area contributed by atoms with Gasteiger partial charge in [-0.15, -0.1) is 0 Å². The molecule has 0 fully saturated rings. The summed E-state index contributed by atoms with van der Waals surface area (Å²) in [4.78, 5) is 0. The van der Waals surface area contributed by atoms with Gasteiger partial charge >= 0.3 is 0 Å². The second-order valence-corrected chi connectivity index (χ2v) is 5.44. The molecule has 2 aromatic carbocycles. The van der Waals surface area contributed by atoms with Crippen LogP contribution in [0.1, 0.15) is 18.1 Å². The fraction of sp³-hybridized carbons (Fsp3) is 0.333. The molecule has 0 saturated carbocycles. The van der Waals surface area contributed by atoms with Gasteiger partial charge in [0.05, 0.1) is 0 Å². The van der Waals surface area contributed by atoms with Crippen LogP contribution in [0.5, 0.6) is 11.5 Å². The number of aryl methyl sites for hydroxylation is 1. The Morgan fingerprint density at radius 3 is 2.41 bits per heavy atom. The van der Waals surface area contributed by atoms with Crippen LogP contribution in [0.3, 0.4) is 0 Å². The highest BCUT2D eigenvalue weighted by Gasteiger charge is 2.00. The first-order valence-electron chi connectivity index (χ1n) is 7.50. The van der Waals surface area contributed by atoms with Gasteiger partial charge < -0.3 is 14.8 Å². The van der Waals surface area contributed by atoms with Gasteiger partial charge in [-0.1, -0.05) is 30.7 Å². The summed E-state index contributed by atoms with van der Waals surface area (Å²) in [5.74, 6) is 1.68. The van der Waals surface area contributed by atoms with Crippen LogP contribution < -0.4 is 14.8 Å². The topological polar surface area (TPSA) is 30.5 Å². The third-order valence-electron chi connectivity index (χ3n) is 3.23. The van der Waals surface area contributed by atoms with Crippen LogP contribution >= 0.6 is 11.6 Å². The molecule has 4 heteroatoms. The van der Waals surface area contributed by atoms with Crippen molar-refractivity contribution in [3.8, 4) is 11.5 Å². The zero-order valence-electron chi connectivity index (χ0n) is 13.1. The average molecular weight is 320 g/mol. The molecule has 0 heterocycles. The summed E-state index contributed by atoms with van der Waals surface area (Å²) in [5.41, 5.74) is 2.23. The molecule has 1 N–H and O–H groups in total. The van der Waals surface area contributed by atoms with Gasteiger partial charge in [-0.25, -0.2) is 0 Å². The highest BCUT2D eigenvalue weighted by Crippen LogP contribution is 2.21. The van der Waals surface area contributed by atoms with Crippen molar-refractivity contribution in [2.45, 2.75) is 20.4 Å². The van der Waals surface area contributed by atoms with Crippen LogP contribution in [0.2, 0.25) is 5.02 Å². The summed E-state index contributed by atoms with van der Waals surface area (Å²) in [6, 6.07) is 13.7. The lowest BCUT2D eigenvalue weighted by molar-refractivity contribution is 0.217. The first-order valence-corrected chi connectivity index (χ1v) is 7.88. The molecule has 0 aliphatic heterocycles. The second kappa shape index (κ2) is 8.66. The maximum atomic E-state index is 5.99. The third-order valence-corrected chi connectivity index (χ3v) is 3.65. The first-order chi connectivity index (χ1) is 10.7. The van der Waals surface area contributed by atoms with E-state index in [1.807, 2.05) is 37.3 Å². The summed E-state index contributed by atoms with van der Waals surface area (Å²) in [7, 11) is 0. The van der Waals surface area contributed by atoms with Gasteiger partial charge in [0.1, 0.15) is 24.7 Å². The van der Waals surface area contributed by atoms with Gasteiger partial charge in [0.25, 0.3) is 0 Å². The van der Waals surface area contributed by atoms with Gasteiger partial charge in [0, 0.05) is 11.6 Å². The lowest BCUT2D eigenvalue weighted by atomic mass is 10.2. The van der Waals surface area contributed by atoms with Crippen molar-refractivity contribution < 1.29 is 9.47 Å². The zero-order valence-corrected chi connectivity index (χ0v) is 13.8. The molecule has 3 nitrogen and oxygen atoms in total.